The van der Waals surface area contributed by atoms with Gasteiger partial charge in [-0.15, -0.1) is 0 Å². The molecule has 0 aliphatic carbocycles. The summed E-state index contributed by atoms with van der Waals surface area (Å²) in [5.74, 6) is 0. The molecule has 0 fully saturated rings. The van der Waals surface area contributed by atoms with Crippen LogP contribution in [0.1, 0.15) is 53.3 Å². The Balaban J connectivity index is 3.11. The van der Waals surface area contributed by atoms with Gasteiger partial charge in [0.15, 0.2) is 0 Å². The number of hydrogen-bond donors (Lipinski definition) is 2. The lowest BCUT2D eigenvalue weighted by Crippen LogP contribution is -2.41. The fraction of sp³-hybridized carbons (Fsp3) is 0.714. The van der Waals surface area contributed by atoms with Crippen molar-refractivity contribution >= 4 is 10.0 Å². The Morgan fingerprint density at radius 2 is 1.85 bits per heavy atom. The van der Waals surface area contributed by atoms with Crippen LogP contribution in [0.2, 0.25) is 0 Å². The molecule has 0 saturated heterocycles. The topological polar surface area (TPSA) is 71.3 Å². The predicted molar refractivity (Wildman–Crippen MR) is 80.0 cm³/mol. The summed E-state index contributed by atoms with van der Waals surface area (Å²) in [7, 11) is -3.57. The second-order valence-electron chi connectivity index (χ2n) is 6.54. The molecule has 0 bridgehead atoms. The van der Waals surface area contributed by atoms with E-state index in [1.807, 2.05) is 41.5 Å². The van der Waals surface area contributed by atoms with Gasteiger partial charge in [0.25, 0.3) is 0 Å². The maximum atomic E-state index is 12.4. The molecule has 5 nitrogen and oxygen atoms in total. The monoisotopic (exact) mass is 302 g/mol. The molecule has 6 heteroatoms. The lowest BCUT2D eigenvalue weighted by atomic mass is 9.89. The van der Waals surface area contributed by atoms with Crippen LogP contribution in [0.3, 0.4) is 0 Å². The summed E-state index contributed by atoms with van der Waals surface area (Å²) in [6, 6.07) is 1.44. The normalized spacial score (nSPS) is 14.8. The Kier molecular flexibility index (Phi) is 5.05. The number of nitrogens with one attached hydrogen (secondary N) is 1. The Bertz CT molecular complexity index is 553. The summed E-state index contributed by atoms with van der Waals surface area (Å²) in [6.45, 7) is 11.5. The Hall–Kier alpha value is -0.850. The van der Waals surface area contributed by atoms with Crippen LogP contribution in [0.15, 0.2) is 17.2 Å². The fourth-order valence-electron chi connectivity index (χ4n) is 1.73. The Morgan fingerprint density at radius 1 is 1.30 bits per heavy atom. The number of aliphatic hydroxyl groups is 1. The summed E-state index contributed by atoms with van der Waals surface area (Å²) in [5.41, 5.74) is 0.441. The maximum absolute atomic E-state index is 12.4. The zero-order valence-corrected chi connectivity index (χ0v) is 14.0. The molecule has 1 aromatic rings. The quantitative estimate of drug-likeness (QED) is 0.876. The smallest absolute Gasteiger partial charge is 0.242 e. The highest BCUT2D eigenvalue weighted by Crippen LogP contribution is 2.23. The van der Waals surface area contributed by atoms with Gasteiger partial charge in [-0.3, -0.25) is 0 Å². The van der Waals surface area contributed by atoms with Crippen LogP contribution in [-0.2, 0) is 16.6 Å². The minimum Gasteiger partial charge on any atom is -0.390 e. The van der Waals surface area contributed by atoms with E-state index >= 15 is 0 Å². The van der Waals surface area contributed by atoms with Gasteiger partial charge in [-0.2, -0.15) is 0 Å². The van der Waals surface area contributed by atoms with Gasteiger partial charge in [-0.1, -0.05) is 20.8 Å². The molecule has 0 aromatic carbocycles. The highest BCUT2D eigenvalue weighted by atomic mass is 32.2. The van der Waals surface area contributed by atoms with Crippen LogP contribution in [0.4, 0.5) is 0 Å². The van der Waals surface area contributed by atoms with E-state index in [0.717, 1.165) is 0 Å². The number of sulfonamides is 1. The molecule has 116 valence electrons. The molecule has 20 heavy (non-hydrogen) atoms. The minimum atomic E-state index is -3.57. The van der Waals surface area contributed by atoms with Crippen LogP contribution in [-0.4, -0.2) is 24.1 Å². The molecule has 2 N–H and O–H groups in total. The zero-order valence-electron chi connectivity index (χ0n) is 13.1. The van der Waals surface area contributed by atoms with Crippen molar-refractivity contribution in [3.05, 3.63) is 18.0 Å². The van der Waals surface area contributed by atoms with Gasteiger partial charge in [0.05, 0.1) is 11.5 Å². The first-order chi connectivity index (χ1) is 8.99. The standard InChI is InChI=1S/C14H26N2O3S/c1-10(2)16-8-13(7-12(16)9-17)20(18,19)15-11(3)14(4,5)6/h7-8,10-11,15,17H,9H2,1-6H3. The molecule has 1 unspecified atom stereocenters. The molecule has 1 heterocycles. The molecular formula is C14H26N2O3S. The third-order valence-electron chi connectivity index (χ3n) is 3.57. The van der Waals surface area contributed by atoms with E-state index in [-0.39, 0.29) is 29.0 Å². The Morgan fingerprint density at radius 3 is 2.20 bits per heavy atom. The van der Waals surface area contributed by atoms with Crippen molar-refractivity contribution in [2.45, 2.75) is 65.1 Å². The van der Waals surface area contributed by atoms with Gasteiger partial charge in [-0.25, -0.2) is 13.1 Å². The zero-order chi connectivity index (χ0) is 15.7. The lowest BCUT2D eigenvalue weighted by Gasteiger charge is -2.27. The third-order valence-corrected chi connectivity index (χ3v) is 5.07. The number of hydrogen-bond acceptors (Lipinski definition) is 3. The second kappa shape index (κ2) is 5.87. The summed E-state index contributed by atoms with van der Waals surface area (Å²) >= 11 is 0. The van der Waals surface area contributed by atoms with Crippen molar-refractivity contribution in [3.63, 3.8) is 0 Å². The molecule has 0 spiro atoms. The highest BCUT2D eigenvalue weighted by Gasteiger charge is 2.27. The van der Waals surface area contributed by atoms with E-state index in [4.69, 9.17) is 0 Å². The van der Waals surface area contributed by atoms with E-state index in [1.54, 1.807) is 10.8 Å². The van der Waals surface area contributed by atoms with E-state index in [2.05, 4.69) is 4.72 Å². The van der Waals surface area contributed by atoms with Gasteiger partial charge < -0.3 is 9.67 Å². The molecule has 1 rings (SSSR count). The van der Waals surface area contributed by atoms with Crippen molar-refractivity contribution in [3.8, 4) is 0 Å². The lowest BCUT2D eigenvalue weighted by molar-refractivity contribution is 0.268. The van der Waals surface area contributed by atoms with Gasteiger partial charge in [0.2, 0.25) is 10.0 Å². The first-order valence-corrected chi connectivity index (χ1v) is 8.31. The van der Waals surface area contributed by atoms with Crippen LogP contribution >= 0.6 is 0 Å². The van der Waals surface area contributed by atoms with Gasteiger partial charge in [0, 0.05) is 24.0 Å². The average Bonchev–Trinajstić information content (AvgIpc) is 2.71. The van der Waals surface area contributed by atoms with Gasteiger partial charge in [0.1, 0.15) is 0 Å². The largest absolute Gasteiger partial charge is 0.390 e. The molecular weight excluding hydrogens is 276 g/mol. The number of nitrogens with zero attached hydrogens (tertiary/aromatic N) is 1. The SMILES string of the molecule is CC(C)n1cc(S(=O)(=O)NC(C)C(C)(C)C)cc1CO. The average molecular weight is 302 g/mol. The van der Waals surface area contributed by atoms with Crippen LogP contribution in [0.25, 0.3) is 0 Å². The van der Waals surface area contributed by atoms with E-state index < -0.39 is 10.0 Å². The maximum Gasteiger partial charge on any atom is 0.242 e. The summed E-state index contributed by atoms with van der Waals surface area (Å²) in [5, 5.41) is 9.32. The van der Waals surface area contributed by atoms with E-state index in [1.165, 1.54) is 6.07 Å². The fourth-order valence-corrected chi connectivity index (χ4v) is 3.23. The van der Waals surface area contributed by atoms with Crippen LogP contribution in [0.5, 0.6) is 0 Å². The molecule has 0 radical (unpaired) electrons. The van der Waals surface area contributed by atoms with Crippen LogP contribution < -0.4 is 4.72 Å². The summed E-state index contributed by atoms with van der Waals surface area (Å²) < 4.78 is 29.2. The van der Waals surface area contributed by atoms with Crippen molar-refractivity contribution < 1.29 is 13.5 Å². The van der Waals surface area contributed by atoms with Gasteiger partial charge in [-0.05, 0) is 32.3 Å². The molecule has 0 amide bonds. The Labute approximate surface area is 122 Å². The van der Waals surface area contributed by atoms with Gasteiger partial charge >= 0.3 is 0 Å². The van der Waals surface area contributed by atoms with E-state index in [9.17, 15) is 13.5 Å². The van der Waals surface area contributed by atoms with Crippen molar-refractivity contribution in [2.75, 3.05) is 0 Å². The molecule has 0 saturated carbocycles. The minimum absolute atomic E-state index is 0.0983. The van der Waals surface area contributed by atoms with Crippen molar-refractivity contribution in [1.29, 1.82) is 0 Å². The molecule has 1 aromatic heterocycles. The highest BCUT2D eigenvalue weighted by molar-refractivity contribution is 7.89. The number of aromatic nitrogens is 1. The first-order valence-electron chi connectivity index (χ1n) is 6.83. The summed E-state index contributed by atoms with van der Waals surface area (Å²) in [6.07, 6.45) is 1.58. The summed E-state index contributed by atoms with van der Waals surface area (Å²) in [4.78, 5) is 0.200. The molecule has 0 aliphatic rings. The first kappa shape index (κ1) is 17.2. The number of aliphatic hydroxyl groups excluding tert-OH is 1. The molecule has 1 atom stereocenters. The number of rotatable bonds is 5. The molecule has 0 aliphatic heterocycles. The van der Waals surface area contributed by atoms with E-state index in [0.29, 0.717) is 5.69 Å². The van der Waals surface area contributed by atoms with Crippen molar-refractivity contribution in [1.82, 2.24) is 9.29 Å². The predicted octanol–water partition coefficient (Wildman–Crippen LogP) is 2.27. The van der Waals surface area contributed by atoms with Crippen LogP contribution in [0, 0.1) is 5.41 Å². The third kappa shape index (κ3) is 3.84. The second-order valence-corrected chi connectivity index (χ2v) is 8.25. The van der Waals surface area contributed by atoms with Crippen molar-refractivity contribution in [2.24, 2.45) is 5.41 Å².